The van der Waals surface area contributed by atoms with Crippen LogP contribution in [0.25, 0.3) is 22.2 Å². The number of aromatic nitrogens is 2. The zero-order valence-corrected chi connectivity index (χ0v) is 15.9. The molecule has 3 heterocycles. The van der Waals surface area contributed by atoms with Crippen molar-refractivity contribution in [1.82, 2.24) is 14.9 Å². The lowest BCUT2D eigenvalue weighted by Crippen LogP contribution is -2.33. The Bertz CT molecular complexity index is 956. The Morgan fingerprint density at radius 3 is 2.64 bits per heavy atom. The number of hydrogen-bond donors (Lipinski definition) is 3. The van der Waals surface area contributed by atoms with Crippen LogP contribution in [0.1, 0.15) is 35.3 Å². The molecule has 6 nitrogen and oxygen atoms in total. The smallest absolute Gasteiger partial charge is 0.248 e. The number of primary amides is 1. The second-order valence-electron chi connectivity index (χ2n) is 7.55. The van der Waals surface area contributed by atoms with Gasteiger partial charge in [-0.3, -0.25) is 9.69 Å². The van der Waals surface area contributed by atoms with Gasteiger partial charge in [0.2, 0.25) is 5.91 Å². The quantitative estimate of drug-likeness (QED) is 0.615. The topological polar surface area (TPSA) is 95.2 Å². The highest BCUT2D eigenvalue weighted by Gasteiger charge is 2.22. The van der Waals surface area contributed by atoms with Crippen LogP contribution >= 0.6 is 0 Å². The number of benzene rings is 1. The molecule has 28 heavy (non-hydrogen) atoms. The van der Waals surface area contributed by atoms with Crippen molar-refractivity contribution in [2.75, 3.05) is 19.7 Å². The van der Waals surface area contributed by atoms with Crippen LogP contribution in [0.5, 0.6) is 0 Å². The van der Waals surface area contributed by atoms with E-state index in [0.29, 0.717) is 11.5 Å². The monoisotopic (exact) mass is 378 g/mol. The Morgan fingerprint density at radius 2 is 1.96 bits per heavy atom. The molecular formula is C22H26N4O2. The van der Waals surface area contributed by atoms with Crippen LogP contribution in [0, 0.1) is 5.92 Å². The number of pyridine rings is 1. The largest absolute Gasteiger partial charge is 0.396 e. The van der Waals surface area contributed by atoms with Crippen molar-refractivity contribution in [2.45, 2.75) is 25.8 Å². The normalized spacial score (nSPS) is 15.9. The zero-order valence-electron chi connectivity index (χ0n) is 15.9. The standard InChI is InChI=1S/C22H26N4O2/c23-21(28)17-5-3-16(4-6-17)20-18-2-1-10-24-22(18)25-19(20)14-26-11-7-15(8-12-26)9-13-27/h1-6,10,15,27H,7-9,11-14H2,(H2,23,28)(H,24,25). The second-order valence-corrected chi connectivity index (χ2v) is 7.55. The molecule has 3 aromatic rings. The number of likely N-dealkylation sites (tertiary alicyclic amines) is 1. The van der Waals surface area contributed by atoms with E-state index in [0.717, 1.165) is 66.8 Å². The summed E-state index contributed by atoms with van der Waals surface area (Å²) in [6.07, 6.45) is 4.95. The minimum atomic E-state index is -0.418. The zero-order chi connectivity index (χ0) is 19.5. The maximum absolute atomic E-state index is 11.4. The first-order chi connectivity index (χ1) is 13.7. The molecule has 1 aliphatic heterocycles. The number of fused-ring (bicyclic) bond motifs is 1. The highest BCUT2D eigenvalue weighted by atomic mass is 16.3. The highest BCUT2D eigenvalue weighted by Crippen LogP contribution is 2.33. The second kappa shape index (κ2) is 8.12. The van der Waals surface area contributed by atoms with Crippen molar-refractivity contribution in [1.29, 1.82) is 0 Å². The van der Waals surface area contributed by atoms with Gasteiger partial charge in [-0.2, -0.15) is 0 Å². The summed E-state index contributed by atoms with van der Waals surface area (Å²) in [5.41, 5.74) is 10.1. The van der Waals surface area contributed by atoms with Crippen LogP contribution in [0.4, 0.5) is 0 Å². The first-order valence-electron chi connectivity index (χ1n) is 9.84. The van der Waals surface area contributed by atoms with Crippen LogP contribution in [0.2, 0.25) is 0 Å². The minimum absolute atomic E-state index is 0.282. The van der Waals surface area contributed by atoms with Crippen LogP contribution in [-0.2, 0) is 6.54 Å². The molecule has 4 N–H and O–H groups in total. The molecule has 0 saturated carbocycles. The average molecular weight is 378 g/mol. The Labute approximate surface area is 164 Å². The van der Waals surface area contributed by atoms with E-state index in [1.54, 1.807) is 18.3 Å². The van der Waals surface area contributed by atoms with E-state index >= 15 is 0 Å². The molecule has 1 aliphatic rings. The molecular weight excluding hydrogens is 352 g/mol. The Balaban J connectivity index is 1.63. The summed E-state index contributed by atoms with van der Waals surface area (Å²) in [7, 11) is 0. The lowest BCUT2D eigenvalue weighted by atomic mass is 9.93. The summed E-state index contributed by atoms with van der Waals surface area (Å²) in [5, 5.41) is 10.2. The molecule has 0 bridgehead atoms. The molecule has 0 radical (unpaired) electrons. The van der Waals surface area contributed by atoms with Crippen LogP contribution in [0.15, 0.2) is 42.6 Å². The number of carbonyl (C=O) groups is 1. The van der Waals surface area contributed by atoms with Gasteiger partial charge in [0, 0.05) is 41.6 Å². The molecule has 1 fully saturated rings. The fourth-order valence-electron chi connectivity index (χ4n) is 4.16. The van der Waals surface area contributed by atoms with Crippen LogP contribution < -0.4 is 5.73 Å². The maximum Gasteiger partial charge on any atom is 0.248 e. The number of H-pyrrole nitrogens is 1. The number of rotatable bonds is 6. The van der Waals surface area contributed by atoms with Crippen molar-refractivity contribution in [2.24, 2.45) is 11.7 Å². The van der Waals surface area contributed by atoms with E-state index in [4.69, 9.17) is 10.8 Å². The Kier molecular flexibility index (Phi) is 5.41. The van der Waals surface area contributed by atoms with Gasteiger partial charge in [0.05, 0.1) is 0 Å². The molecule has 0 atom stereocenters. The molecule has 6 heteroatoms. The van der Waals surface area contributed by atoms with Gasteiger partial charge < -0.3 is 15.8 Å². The Morgan fingerprint density at radius 1 is 1.21 bits per heavy atom. The van der Waals surface area contributed by atoms with Gasteiger partial charge in [0.1, 0.15) is 5.65 Å². The molecule has 0 unspecified atom stereocenters. The number of nitrogens with one attached hydrogen (secondary N) is 1. The van der Waals surface area contributed by atoms with E-state index < -0.39 is 5.91 Å². The molecule has 1 aromatic carbocycles. The lowest BCUT2D eigenvalue weighted by Gasteiger charge is -2.31. The number of amides is 1. The SMILES string of the molecule is NC(=O)c1ccc(-c2c(CN3CCC(CCO)CC3)[nH]c3ncccc23)cc1. The van der Waals surface area contributed by atoms with Crippen molar-refractivity contribution in [3.05, 3.63) is 53.9 Å². The fraction of sp³-hybridized carbons (Fsp3) is 0.364. The van der Waals surface area contributed by atoms with Gasteiger partial charge in [-0.05, 0) is 68.1 Å². The number of nitrogens with zero attached hydrogens (tertiary/aromatic N) is 2. The highest BCUT2D eigenvalue weighted by molar-refractivity contribution is 5.97. The molecule has 0 aliphatic carbocycles. The Hall–Kier alpha value is -2.70. The minimum Gasteiger partial charge on any atom is -0.396 e. The predicted octanol–water partition coefficient (Wildman–Crippen LogP) is 2.92. The van der Waals surface area contributed by atoms with Gasteiger partial charge in [-0.25, -0.2) is 4.98 Å². The number of nitrogens with two attached hydrogens (primary N) is 1. The third-order valence-electron chi connectivity index (χ3n) is 5.73. The summed E-state index contributed by atoms with van der Waals surface area (Å²) < 4.78 is 0. The van der Waals surface area contributed by atoms with Crippen LogP contribution in [-0.4, -0.2) is 45.6 Å². The first kappa shape index (κ1) is 18.7. The van der Waals surface area contributed by atoms with Gasteiger partial charge in [0.25, 0.3) is 0 Å². The number of aliphatic hydroxyl groups excluding tert-OH is 1. The number of aromatic amines is 1. The van der Waals surface area contributed by atoms with Gasteiger partial charge >= 0.3 is 0 Å². The van der Waals surface area contributed by atoms with Crippen molar-refractivity contribution in [3.63, 3.8) is 0 Å². The molecule has 4 rings (SSSR count). The molecule has 1 saturated heterocycles. The predicted molar refractivity (Wildman–Crippen MR) is 110 cm³/mol. The summed E-state index contributed by atoms with van der Waals surface area (Å²) in [4.78, 5) is 21.8. The first-order valence-corrected chi connectivity index (χ1v) is 9.84. The van der Waals surface area contributed by atoms with Crippen molar-refractivity contribution < 1.29 is 9.90 Å². The van der Waals surface area contributed by atoms with Gasteiger partial charge in [-0.15, -0.1) is 0 Å². The third-order valence-corrected chi connectivity index (χ3v) is 5.73. The molecule has 146 valence electrons. The third kappa shape index (κ3) is 3.79. The lowest BCUT2D eigenvalue weighted by molar-refractivity contribution is 0.100. The summed E-state index contributed by atoms with van der Waals surface area (Å²) >= 11 is 0. The van der Waals surface area contributed by atoms with E-state index in [1.807, 2.05) is 18.2 Å². The number of aliphatic hydroxyl groups is 1. The van der Waals surface area contributed by atoms with Gasteiger partial charge in [0.15, 0.2) is 0 Å². The molecule has 2 aromatic heterocycles. The van der Waals surface area contributed by atoms with Crippen LogP contribution in [0.3, 0.4) is 0 Å². The van der Waals surface area contributed by atoms with E-state index in [-0.39, 0.29) is 6.61 Å². The fourth-order valence-corrected chi connectivity index (χ4v) is 4.16. The average Bonchev–Trinajstić information content (AvgIpc) is 3.07. The maximum atomic E-state index is 11.4. The number of piperidine rings is 1. The number of hydrogen-bond acceptors (Lipinski definition) is 4. The summed E-state index contributed by atoms with van der Waals surface area (Å²) in [6, 6.07) is 11.5. The van der Waals surface area contributed by atoms with E-state index in [9.17, 15) is 4.79 Å². The summed E-state index contributed by atoms with van der Waals surface area (Å²) in [6.45, 7) is 3.18. The van der Waals surface area contributed by atoms with Crippen molar-refractivity contribution >= 4 is 16.9 Å². The van der Waals surface area contributed by atoms with Crippen molar-refractivity contribution in [3.8, 4) is 11.1 Å². The van der Waals surface area contributed by atoms with Gasteiger partial charge in [-0.1, -0.05) is 12.1 Å². The molecule has 0 spiro atoms. The number of carbonyl (C=O) groups excluding carboxylic acids is 1. The molecule has 1 amide bonds. The van der Waals surface area contributed by atoms with E-state index in [2.05, 4.69) is 20.9 Å². The summed E-state index contributed by atoms with van der Waals surface area (Å²) in [5.74, 6) is 0.213. The van der Waals surface area contributed by atoms with E-state index in [1.165, 1.54) is 0 Å².